The van der Waals surface area contributed by atoms with Crippen molar-refractivity contribution in [3.8, 4) is 23.8 Å². The van der Waals surface area contributed by atoms with Gasteiger partial charge in [-0.2, -0.15) is 0 Å². The summed E-state index contributed by atoms with van der Waals surface area (Å²) >= 11 is 0. The van der Waals surface area contributed by atoms with Gasteiger partial charge in [0.15, 0.2) is 11.5 Å². The lowest BCUT2D eigenvalue weighted by Gasteiger charge is -2.11. The van der Waals surface area contributed by atoms with Crippen LogP contribution < -0.4 is 10.1 Å². The van der Waals surface area contributed by atoms with Crippen molar-refractivity contribution in [1.82, 2.24) is 5.32 Å². The molecule has 0 saturated heterocycles. The number of hydrogen-bond donors (Lipinski definition) is 2. The first-order valence-electron chi connectivity index (χ1n) is 5.19. The van der Waals surface area contributed by atoms with Crippen molar-refractivity contribution in [2.45, 2.75) is 19.4 Å². The third kappa shape index (κ3) is 3.42. The van der Waals surface area contributed by atoms with Gasteiger partial charge in [0.1, 0.15) is 0 Å². The summed E-state index contributed by atoms with van der Waals surface area (Å²) in [6.45, 7) is 1.82. The van der Waals surface area contributed by atoms with Gasteiger partial charge in [0.05, 0.1) is 7.11 Å². The van der Waals surface area contributed by atoms with Crippen LogP contribution in [0.2, 0.25) is 0 Å². The fraction of sp³-hybridized carbons (Fsp3) is 0.308. The second-order valence-corrected chi connectivity index (χ2v) is 3.67. The number of amides is 1. The Morgan fingerprint density at radius 1 is 1.65 bits per heavy atom. The average Bonchev–Trinajstić information content (AvgIpc) is 2.29. The van der Waals surface area contributed by atoms with E-state index < -0.39 is 0 Å². The summed E-state index contributed by atoms with van der Waals surface area (Å²) in [5, 5.41) is 12.3. The highest BCUT2D eigenvalue weighted by atomic mass is 16.5. The topological polar surface area (TPSA) is 58.6 Å². The summed E-state index contributed by atoms with van der Waals surface area (Å²) in [7, 11) is 1.45. The highest BCUT2D eigenvalue weighted by molar-refractivity contribution is 5.95. The maximum Gasteiger partial charge on any atom is 0.251 e. The van der Waals surface area contributed by atoms with Crippen LogP contribution in [0.3, 0.4) is 0 Å². The lowest BCUT2D eigenvalue weighted by Crippen LogP contribution is -2.32. The molecule has 0 heterocycles. The number of phenolic OH excluding ortho intramolecular Hbond substituents is 1. The summed E-state index contributed by atoms with van der Waals surface area (Å²) < 4.78 is 4.89. The minimum Gasteiger partial charge on any atom is -0.504 e. The maximum atomic E-state index is 11.8. The van der Waals surface area contributed by atoms with Gasteiger partial charge >= 0.3 is 0 Å². The van der Waals surface area contributed by atoms with E-state index in [-0.39, 0.29) is 17.7 Å². The monoisotopic (exact) mass is 233 g/mol. The third-order valence-corrected chi connectivity index (χ3v) is 2.24. The van der Waals surface area contributed by atoms with E-state index in [1.54, 1.807) is 6.07 Å². The normalized spacial score (nSPS) is 11.4. The molecule has 0 bridgehead atoms. The van der Waals surface area contributed by atoms with E-state index in [0.717, 1.165) is 0 Å². The van der Waals surface area contributed by atoms with Gasteiger partial charge in [-0.05, 0) is 25.1 Å². The maximum absolute atomic E-state index is 11.8. The van der Waals surface area contributed by atoms with E-state index in [1.807, 2.05) is 6.92 Å². The number of terminal acetylenes is 1. The highest BCUT2D eigenvalue weighted by Crippen LogP contribution is 2.26. The first kappa shape index (κ1) is 12.9. The van der Waals surface area contributed by atoms with Crippen LogP contribution in [-0.2, 0) is 0 Å². The van der Waals surface area contributed by atoms with E-state index in [0.29, 0.717) is 17.7 Å². The average molecular weight is 233 g/mol. The zero-order chi connectivity index (χ0) is 12.8. The molecule has 4 heteroatoms. The Kier molecular flexibility index (Phi) is 4.41. The predicted molar refractivity (Wildman–Crippen MR) is 65.0 cm³/mol. The van der Waals surface area contributed by atoms with Crippen molar-refractivity contribution in [2.24, 2.45) is 0 Å². The molecule has 1 rings (SSSR count). The molecule has 1 amide bonds. The van der Waals surface area contributed by atoms with Crippen LogP contribution in [0.4, 0.5) is 0 Å². The predicted octanol–water partition coefficient (Wildman–Crippen LogP) is 1.54. The molecule has 1 aromatic carbocycles. The molecule has 0 fully saturated rings. The van der Waals surface area contributed by atoms with Crippen molar-refractivity contribution in [3.05, 3.63) is 23.8 Å². The summed E-state index contributed by atoms with van der Waals surface area (Å²) in [6, 6.07) is 4.38. The molecule has 0 aliphatic rings. The molecule has 0 aromatic heterocycles. The molecule has 0 radical (unpaired) electrons. The largest absolute Gasteiger partial charge is 0.504 e. The van der Waals surface area contributed by atoms with Gasteiger partial charge in [0.2, 0.25) is 0 Å². The van der Waals surface area contributed by atoms with Crippen LogP contribution in [0.5, 0.6) is 11.5 Å². The van der Waals surface area contributed by atoms with E-state index >= 15 is 0 Å². The number of ether oxygens (including phenoxy) is 1. The first-order valence-corrected chi connectivity index (χ1v) is 5.19. The van der Waals surface area contributed by atoms with Crippen LogP contribution in [0.1, 0.15) is 23.7 Å². The number of carbonyl (C=O) groups excluding carboxylic acids is 1. The van der Waals surface area contributed by atoms with Crippen molar-refractivity contribution >= 4 is 5.91 Å². The molecule has 1 unspecified atom stereocenters. The molecule has 4 nitrogen and oxygen atoms in total. The van der Waals surface area contributed by atoms with Gasteiger partial charge < -0.3 is 15.2 Å². The summed E-state index contributed by atoms with van der Waals surface area (Å²) in [6.07, 6.45) is 5.61. The summed E-state index contributed by atoms with van der Waals surface area (Å²) in [5.74, 6) is 2.46. The molecule has 0 aliphatic heterocycles. The van der Waals surface area contributed by atoms with Crippen molar-refractivity contribution < 1.29 is 14.6 Å². The van der Waals surface area contributed by atoms with Crippen LogP contribution in [0, 0.1) is 12.3 Å². The van der Waals surface area contributed by atoms with Gasteiger partial charge in [0.25, 0.3) is 5.91 Å². The molecule has 2 N–H and O–H groups in total. The number of carbonyl (C=O) groups is 1. The standard InChI is InChI=1S/C13H15NO3/c1-4-5-9(2)14-13(16)10-6-7-12(17-3)11(15)8-10/h1,6-9,15H,5H2,2-3H3,(H,14,16). The SMILES string of the molecule is C#CCC(C)NC(=O)c1ccc(OC)c(O)c1. The Morgan fingerprint density at radius 2 is 2.35 bits per heavy atom. The number of methoxy groups -OCH3 is 1. The Balaban J connectivity index is 2.77. The number of phenols is 1. The molecule has 0 saturated carbocycles. The minimum atomic E-state index is -0.272. The van der Waals surface area contributed by atoms with Gasteiger partial charge in [-0.15, -0.1) is 12.3 Å². The van der Waals surface area contributed by atoms with E-state index in [2.05, 4.69) is 11.2 Å². The minimum absolute atomic E-state index is 0.0650. The second-order valence-electron chi connectivity index (χ2n) is 3.67. The number of aromatic hydroxyl groups is 1. The second kappa shape index (κ2) is 5.80. The molecule has 0 spiro atoms. The molecular weight excluding hydrogens is 218 g/mol. The van der Waals surface area contributed by atoms with E-state index in [4.69, 9.17) is 11.2 Å². The number of hydrogen-bond acceptors (Lipinski definition) is 3. The fourth-order valence-corrected chi connectivity index (χ4v) is 1.37. The van der Waals surface area contributed by atoms with Gasteiger partial charge in [-0.1, -0.05) is 0 Å². The number of nitrogens with one attached hydrogen (secondary N) is 1. The molecular formula is C13H15NO3. The Hall–Kier alpha value is -2.15. The zero-order valence-corrected chi connectivity index (χ0v) is 9.86. The summed E-state index contributed by atoms with van der Waals surface area (Å²) in [4.78, 5) is 11.8. The lowest BCUT2D eigenvalue weighted by atomic mass is 10.1. The van der Waals surface area contributed by atoms with Crippen molar-refractivity contribution in [1.29, 1.82) is 0 Å². The first-order chi connectivity index (χ1) is 8.08. The molecule has 1 atom stereocenters. The van der Waals surface area contributed by atoms with Crippen molar-refractivity contribution in [3.63, 3.8) is 0 Å². The van der Waals surface area contributed by atoms with E-state index in [9.17, 15) is 9.90 Å². The Labute approximate surface area is 101 Å². The third-order valence-electron chi connectivity index (χ3n) is 2.24. The molecule has 90 valence electrons. The quantitative estimate of drug-likeness (QED) is 0.775. The van der Waals surface area contributed by atoms with Crippen molar-refractivity contribution in [2.75, 3.05) is 7.11 Å². The van der Waals surface area contributed by atoms with Gasteiger partial charge in [-0.25, -0.2) is 0 Å². The molecule has 1 aromatic rings. The fourth-order valence-electron chi connectivity index (χ4n) is 1.37. The van der Waals surface area contributed by atoms with Crippen LogP contribution in [-0.4, -0.2) is 24.2 Å². The highest BCUT2D eigenvalue weighted by Gasteiger charge is 2.11. The van der Waals surface area contributed by atoms with Gasteiger partial charge in [-0.3, -0.25) is 4.79 Å². The number of rotatable bonds is 4. The van der Waals surface area contributed by atoms with Gasteiger partial charge in [0, 0.05) is 18.0 Å². The lowest BCUT2D eigenvalue weighted by molar-refractivity contribution is 0.0940. The number of benzene rings is 1. The smallest absolute Gasteiger partial charge is 0.251 e. The van der Waals surface area contributed by atoms with Crippen LogP contribution >= 0.6 is 0 Å². The van der Waals surface area contributed by atoms with Crippen LogP contribution in [0.25, 0.3) is 0 Å². The van der Waals surface area contributed by atoms with Crippen LogP contribution in [0.15, 0.2) is 18.2 Å². The Morgan fingerprint density at radius 3 is 2.88 bits per heavy atom. The van der Waals surface area contributed by atoms with E-state index in [1.165, 1.54) is 19.2 Å². The Bertz CT molecular complexity index is 448. The zero-order valence-electron chi connectivity index (χ0n) is 9.86. The summed E-state index contributed by atoms with van der Waals surface area (Å²) in [5.41, 5.74) is 0.368. The molecule has 0 aliphatic carbocycles. The molecule has 17 heavy (non-hydrogen) atoms.